The average Bonchev–Trinajstić information content (AvgIpc) is 3.17. The van der Waals surface area contributed by atoms with E-state index in [-0.39, 0.29) is 5.60 Å². The molecule has 3 fully saturated rings. The van der Waals surface area contributed by atoms with Crippen LogP contribution in [0.2, 0.25) is 0 Å². The minimum absolute atomic E-state index is 0.0456. The van der Waals surface area contributed by atoms with Crippen LogP contribution in [-0.4, -0.2) is 54.5 Å². The Morgan fingerprint density at radius 1 is 1.27 bits per heavy atom. The molecule has 1 saturated carbocycles. The zero-order chi connectivity index (χ0) is 20.7. The van der Waals surface area contributed by atoms with Crippen molar-refractivity contribution in [3.63, 3.8) is 0 Å². The second-order valence-electron chi connectivity index (χ2n) is 10.2. The zero-order valence-electron chi connectivity index (χ0n) is 18.8. The van der Waals surface area contributed by atoms with E-state index >= 15 is 0 Å². The Morgan fingerprint density at radius 3 is 2.80 bits per heavy atom. The molecule has 1 aromatic rings. The van der Waals surface area contributed by atoms with Crippen LogP contribution in [0.15, 0.2) is 6.07 Å². The van der Waals surface area contributed by atoms with Gasteiger partial charge in [-0.15, -0.1) is 11.3 Å². The van der Waals surface area contributed by atoms with E-state index in [2.05, 4.69) is 29.7 Å². The Morgan fingerprint density at radius 2 is 2.07 bits per heavy atom. The van der Waals surface area contributed by atoms with Crippen LogP contribution in [0, 0.1) is 11.8 Å². The van der Waals surface area contributed by atoms with Gasteiger partial charge in [0.2, 0.25) is 5.91 Å². The van der Waals surface area contributed by atoms with Crippen LogP contribution in [0.5, 0.6) is 0 Å². The molecule has 1 spiro atoms. The van der Waals surface area contributed by atoms with Crippen molar-refractivity contribution in [3.05, 3.63) is 21.4 Å². The van der Waals surface area contributed by atoms with Crippen molar-refractivity contribution in [1.29, 1.82) is 0 Å². The van der Waals surface area contributed by atoms with Crippen LogP contribution in [0.4, 0.5) is 0 Å². The molecule has 0 N–H and O–H groups in total. The third-order valence-corrected chi connectivity index (χ3v) is 9.51. The van der Waals surface area contributed by atoms with Crippen LogP contribution in [0.1, 0.15) is 74.1 Å². The molecule has 166 valence electrons. The normalized spacial score (nSPS) is 31.0. The Balaban J connectivity index is 1.15. The summed E-state index contributed by atoms with van der Waals surface area (Å²) in [5.41, 5.74) is 1.46. The first-order valence-corrected chi connectivity index (χ1v) is 13.2. The maximum Gasteiger partial charge on any atom is 0.225 e. The van der Waals surface area contributed by atoms with E-state index in [0.29, 0.717) is 23.8 Å². The lowest BCUT2D eigenvalue weighted by molar-refractivity contribution is -0.145. The first-order valence-electron chi connectivity index (χ1n) is 12.4. The fraction of sp³-hybridized carbons (Fsp3) is 0.800. The van der Waals surface area contributed by atoms with Gasteiger partial charge in [-0.25, -0.2) is 0 Å². The summed E-state index contributed by atoms with van der Waals surface area (Å²) in [7, 11) is 0. The van der Waals surface area contributed by atoms with Gasteiger partial charge in [-0.2, -0.15) is 0 Å². The average molecular weight is 431 g/mol. The van der Waals surface area contributed by atoms with Gasteiger partial charge >= 0.3 is 0 Å². The number of hydrogen-bond donors (Lipinski definition) is 0. The van der Waals surface area contributed by atoms with Gasteiger partial charge in [0.1, 0.15) is 0 Å². The molecule has 4 heterocycles. The lowest BCUT2D eigenvalue weighted by Gasteiger charge is -2.50. The number of amides is 1. The first kappa shape index (κ1) is 21.0. The van der Waals surface area contributed by atoms with E-state index in [0.717, 1.165) is 71.3 Å². The molecule has 2 saturated heterocycles. The third kappa shape index (κ3) is 3.86. The number of rotatable bonds is 4. The summed E-state index contributed by atoms with van der Waals surface area (Å²) >= 11 is 2.01. The number of likely N-dealkylation sites (tertiary alicyclic amines) is 2. The number of aryl methyl sites for hydroxylation is 1. The molecule has 0 radical (unpaired) electrons. The molecule has 5 rings (SSSR count). The monoisotopic (exact) mass is 430 g/mol. The second-order valence-corrected chi connectivity index (χ2v) is 11.5. The minimum atomic E-state index is -0.0456. The van der Waals surface area contributed by atoms with Crippen molar-refractivity contribution in [2.75, 3.05) is 32.8 Å². The Labute approximate surface area is 186 Å². The van der Waals surface area contributed by atoms with Gasteiger partial charge in [-0.1, -0.05) is 26.2 Å². The lowest BCUT2D eigenvalue weighted by atomic mass is 9.79. The van der Waals surface area contributed by atoms with E-state index in [9.17, 15) is 4.79 Å². The van der Waals surface area contributed by atoms with Crippen LogP contribution in [-0.2, 0) is 28.0 Å². The molecule has 1 aliphatic carbocycles. The predicted molar refractivity (Wildman–Crippen MR) is 122 cm³/mol. The Kier molecular flexibility index (Phi) is 5.98. The maximum absolute atomic E-state index is 12.7. The molecule has 1 amide bonds. The molecule has 4 aliphatic rings. The molecule has 30 heavy (non-hydrogen) atoms. The topological polar surface area (TPSA) is 32.8 Å². The summed E-state index contributed by atoms with van der Waals surface area (Å²) in [5, 5.41) is 0. The number of piperidine rings is 1. The number of hydrogen-bond acceptors (Lipinski definition) is 4. The molecule has 1 aromatic heterocycles. The molecular weight excluding hydrogens is 392 g/mol. The van der Waals surface area contributed by atoms with Crippen molar-refractivity contribution in [1.82, 2.24) is 9.80 Å². The van der Waals surface area contributed by atoms with E-state index in [4.69, 9.17) is 4.74 Å². The van der Waals surface area contributed by atoms with E-state index in [1.54, 1.807) is 4.88 Å². The number of carbonyl (C=O) groups is 1. The SMILES string of the molecule is CCc1cc2c(s1)CCO[C@@]21CCN(CC2CN(C(=O)C3CCCCC3)C2)[C@@H](C)C1. The fourth-order valence-corrected chi connectivity index (χ4v) is 7.53. The maximum atomic E-state index is 12.7. The third-order valence-electron chi connectivity index (χ3n) is 8.17. The quantitative estimate of drug-likeness (QED) is 0.700. The first-order chi connectivity index (χ1) is 14.6. The lowest BCUT2D eigenvalue weighted by Crippen LogP contribution is -2.58. The van der Waals surface area contributed by atoms with Crippen molar-refractivity contribution < 1.29 is 9.53 Å². The highest BCUT2D eigenvalue weighted by molar-refractivity contribution is 7.12. The standard InChI is InChI=1S/C25H38N2O2S/c1-3-21-13-22-23(30-21)9-12-29-25(22)10-11-26(18(2)14-25)15-19-16-27(17-19)24(28)20-7-5-4-6-8-20/h13,18-20H,3-12,14-17H2,1-2H3/t18-,25+/m0/s1. The smallest absolute Gasteiger partial charge is 0.225 e. The van der Waals surface area contributed by atoms with Gasteiger partial charge in [-0.05, 0) is 50.7 Å². The highest BCUT2D eigenvalue weighted by Crippen LogP contribution is 2.46. The summed E-state index contributed by atoms with van der Waals surface area (Å²) in [6.45, 7) is 9.74. The van der Waals surface area contributed by atoms with Crippen molar-refractivity contribution in [3.8, 4) is 0 Å². The summed E-state index contributed by atoms with van der Waals surface area (Å²) in [4.78, 5) is 20.6. The van der Waals surface area contributed by atoms with E-state index < -0.39 is 0 Å². The Hall–Kier alpha value is -0.910. The van der Waals surface area contributed by atoms with Crippen LogP contribution >= 0.6 is 11.3 Å². The summed E-state index contributed by atoms with van der Waals surface area (Å²) in [6.07, 6.45) is 10.5. The minimum Gasteiger partial charge on any atom is -0.370 e. The highest BCUT2D eigenvalue weighted by atomic mass is 32.1. The van der Waals surface area contributed by atoms with Crippen LogP contribution < -0.4 is 0 Å². The largest absolute Gasteiger partial charge is 0.370 e. The van der Waals surface area contributed by atoms with Crippen molar-refractivity contribution >= 4 is 17.2 Å². The number of carbonyl (C=O) groups excluding carboxylic acids is 1. The summed E-state index contributed by atoms with van der Waals surface area (Å²) in [6, 6.07) is 2.99. The van der Waals surface area contributed by atoms with Gasteiger partial charge in [0.25, 0.3) is 0 Å². The molecule has 4 nitrogen and oxygen atoms in total. The van der Waals surface area contributed by atoms with Gasteiger partial charge in [0.15, 0.2) is 0 Å². The molecule has 3 aliphatic heterocycles. The number of nitrogens with zero attached hydrogens (tertiary/aromatic N) is 2. The van der Waals surface area contributed by atoms with Gasteiger partial charge in [0, 0.05) is 60.2 Å². The molecule has 0 bridgehead atoms. The molecule has 0 aromatic carbocycles. The number of ether oxygens (including phenoxy) is 1. The van der Waals surface area contributed by atoms with Crippen LogP contribution in [0.25, 0.3) is 0 Å². The summed E-state index contributed by atoms with van der Waals surface area (Å²) in [5.74, 6) is 1.43. The molecular formula is C25H38N2O2S. The number of fused-ring (bicyclic) bond motifs is 2. The van der Waals surface area contributed by atoms with Gasteiger partial charge in [-0.3, -0.25) is 4.79 Å². The fourth-order valence-electron chi connectivity index (χ4n) is 6.35. The molecule has 5 heteroatoms. The zero-order valence-corrected chi connectivity index (χ0v) is 19.6. The van der Waals surface area contributed by atoms with Gasteiger partial charge in [0.05, 0.1) is 12.2 Å². The van der Waals surface area contributed by atoms with Crippen molar-refractivity contribution in [2.45, 2.75) is 83.3 Å². The van der Waals surface area contributed by atoms with Crippen LogP contribution in [0.3, 0.4) is 0 Å². The summed E-state index contributed by atoms with van der Waals surface area (Å²) < 4.78 is 6.50. The Bertz CT molecular complexity index is 765. The van der Waals surface area contributed by atoms with E-state index in [1.807, 2.05) is 11.3 Å². The highest BCUT2D eigenvalue weighted by Gasteiger charge is 2.45. The van der Waals surface area contributed by atoms with Crippen molar-refractivity contribution in [2.24, 2.45) is 11.8 Å². The molecule has 2 atom stereocenters. The second kappa shape index (κ2) is 8.55. The predicted octanol–water partition coefficient (Wildman–Crippen LogP) is 4.60. The van der Waals surface area contributed by atoms with Gasteiger partial charge < -0.3 is 14.5 Å². The molecule has 0 unspecified atom stereocenters. The number of thiophene rings is 1. The van der Waals surface area contributed by atoms with E-state index in [1.165, 1.54) is 29.7 Å².